The second-order valence-electron chi connectivity index (χ2n) is 2.15. The summed E-state index contributed by atoms with van der Waals surface area (Å²) in [5.41, 5.74) is 0. The number of hydrogen-bond donors (Lipinski definition) is 1. The van der Waals surface area contributed by atoms with Crippen molar-refractivity contribution >= 4 is 23.5 Å². The fourth-order valence-corrected chi connectivity index (χ4v) is 0.706. The average Bonchev–Trinajstić information content (AvgIpc) is 2.11. The Kier molecular flexibility index (Phi) is 5.45. The Labute approximate surface area is 76.2 Å². The zero-order chi connectivity index (χ0) is 9.56. The van der Waals surface area contributed by atoms with Gasteiger partial charge in [-0.15, -0.1) is 11.6 Å². The number of nitrogens with one attached hydrogen (secondary N) is 1. The van der Waals surface area contributed by atoms with Crippen LogP contribution in [0.2, 0.25) is 0 Å². The van der Waals surface area contributed by atoms with Crippen molar-refractivity contribution in [3.05, 3.63) is 0 Å². The molecule has 12 heavy (non-hydrogen) atoms. The summed E-state index contributed by atoms with van der Waals surface area (Å²) < 4.78 is 4.36. The minimum absolute atomic E-state index is 0.112. The van der Waals surface area contributed by atoms with Crippen LogP contribution in [0.4, 0.5) is 0 Å². The molecule has 0 radical (unpaired) electrons. The lowest BCUT2D eigenvalue weighted by molar-refractivity contribution is -0.140. The van der Waals surface area contributed by atoms with E-state index in [4.69, 9.17) is 11.6 Å². The zero-order valence-corrected chi connectivity index (χ0v) is 7.85. The molecule has 0 rings (SSSR count). The van der Waals surface area contributed by atoms with Crippen molar-refractivity contribution in [2.75, 3.05) is 13.7 Å². The molecule has 1 unspecified atom stereocenters. The molecule has 0 aliphatic heterocycles. The van der Waals surface area contributed by atoms with E-state index in [2.05, 4.69) is 10.1 Å². The summed E-state index contributed by atoms with van der Waals surface area (Å²) in [4.78, 5) is 21.4. The second kappa shape index (κ2) is 5.83. The molecule has 1 N–H and O–H groups in total. The van der Waals surface area contributed by atoms with E-state index < -0.39 is 11.3 Å². The summed E-state index contributed by atoms with van der Waals surface area (Å²) in [6, 6.07) is 0. The van der Waals surface area contributed by atoms with Crippen LogP contribution in [0.1, 0.15) is 13.3 Å². The van der Waals surface area contributed by atoms with Gasteiger partial charge in [0, 0.05) is 13.0 Å². The lowest BCUT2D eigenvalue weighted by atomic mass is 10.4. The van der Waals surface area contributed by atoms with Crippen LogP contribution in [0.5, 0.6) is 0 Å². The molecule has 0 bridgehead atoms. The summed E-state index contributed by atoms with van der Waals surface area (Å²) in [6.07, 6.45) is 0.380. The minimum Gasteiger partial charge on any atom is -0.468 e. The van der Waals surface area contributed by atoms with Crippen molar-refractivity contribution < 1.29 is 14.3 Å². The van der Waals surface area contributed by atoms with Crippen LogP contribution in [-0.2, 0) is 14.3 Å². The molecule has 0 aromatic rings. The number of halogens is 1. The highest BCUT2D eigenvalue weighted by molar-refractivity contribution is 6.30. The Bertz CT molecular complexity index is 172. The van der Waals surface area contributed by atoms with Crippen LogP contribution < -0.4 is 5.32 Å². The maximum absolute atomic E-state index is 10.7. The van der Waals surface area contributed by atoms with Gasteiger partial charge in [0.25, 0.3) is 0 Å². The van der Waals surface area contributed by atoms with E-state index in [0.29, 0.717) is 6.42 Å². The highest BCUT2D eigenvalue weighted by atomic mass is 35.5. The third-order valence-electron chi connectivity index (χ3n) is 1.26. The fourth-order valence-electron chi connectivity index (χ4n) is 0.540. The SMILES string of the molecule is CCC(=O)NCC(Cl)C(=O)OC. The van der Waals surface area contributed by atoms with E-state index in [0.717, 1.165) is 0 Å². The molecule has 4 nitrogen and oxygen atoms in total. The summed E-state index contributed by atoms with van der Waals surface area (Å²) in [5, 5.41) is 1.68. The molecule has 0 aromatic heterocycles. The lowest BCUT2D eigenvalue weighted by Crippen LogP contribution is -2.33. The molecule has 70 valence electrons. The van der Waals surface area contributed by atoms with E-state index in [1.807, 2.05) is 0 Å². The van der Waals surface area contributed by atoms with Gasteiger partial charge in [-0.3, -0.25) is 9.59 Å². The molecular weight excluding hydrogens is 182 g/mol. The first-order valence-electron chi connectivity index (χ1n) is 3.60. The smallest absolute Gasteiger partial charge is 0.325 e. The normalized spacial score (nSPS) is 11.9. The van der Waals surface area contributed by atoms with Gasteiger partial charge in [-0.25, -0.2) is 0 Å². The van der Waals surface area contributed by atoms with Gasteiger partial charge in [0.05, 0.1) is 7.11 Å². The maximum Gasteiger partial charge on any atom is 0.325 e. The van der Waals surface area contributed by atoms with Crippen LogP contribution >= 0.6 is 11.6 Å². The van der Waals surface area contributed by atoms with Gasteiger partial charge in [-0.2, -0.15) is 0 Å². The van der Waals surface area contributed by atoms with Gasteiger partial charge in [0.2, 0.25) is 5.91 Å². The average molecular weight is 194 g/mol. The number of amides is 1. The Morgan fingerprint density at radius 2 is 2.17 bits per heavy atom. The summed E-state index contributed by atoms with van der Waals surface area (Å²) in [6.45, 7) is 1.83. The van der Waals surface area contributed by atoms with Crippen LogP contribution in [0.3, 0.4) is 0 Å². The summed E-state index contributed by atoms with van der Waals surface area (Å²) in [7, 11) is 1.25. The van der Waals surface area contributed by atoms with Gasteiger partial charge >= 0.3 is 5.97 Å². The van der Waals surface area contributed by atoms with Crippen molar-refractivity contribution in [1.29, 1.82) is 0 Å². The highest BCUT2D eigenvalue weighted by Crippen LogP contribution is 1.96. The van der Waals surface area contributed by atoms with E-state index in [-0.39, 0.29) is 12.5 Å². The quantitative estimate of drug-likeness (QED) is 0.516. The third kappa shape index (κ3) is 4.18. The van der Waals surface area contributed by atoms with Crippen LogP contribution in [0.15, 0.2) is 0 Å². The molecule has 1 amide bonds. The molecule has 0 aliphatic carbocycles. The molecule has 0 saturated carbocycles. The number of ether oxygens (including phenoxy) is 1. The molecule has 0 heterocycles. The number of esters is 1. The molecule has 0 aliphatic rings. The first-order valence-corrected chi connectivity index (χ1v) is 4.04. The van der Waals surface area contributed by atoms with Crippen LogP contribution in [0.25, 0.3) is 0 Å². The third-order valence-corrected chi connectivity index (χ3v) is 1.59. The minimum atomic E-state index is -0.800. The molecular formula is C7H12ClNO3. The Balaban J connectivity index is 3.63. The fraction of sp³-hybridized carbons (Fsp3) is 0.714. The monoisotopic (exact) mass is 193 g/mol. The van der Waals surface area contributed by atoms with E-state index in [1.54, 1.807) is 6.92 Å². The molecule has 0 saturated heterocycles. The van der Waals surface area contributed by atoms with Crippen LogP contribution in [-0.4, -0.2) is 30.9 Å². The number of rotatable bonds is 4. The van der Waals surface area contributed by atoms with Crippen molar-refractivity contribution in [2.24, 2.45) is 0 Å². The second-order valence-corrected chi connectivity index (χ2v) is 2.68. The number of methoxy groups -OCH3 is 1. The number of carbonyl (C=O) groups is 2. The van der Waals surface area contributed by atoms with Gasteiger partial charge in [0.15, 0.2) is 0 Å². The number of hydrogen-bond acceptors (Lipinski definition) is 3. The molecule has 0 fully saturated rings. The van der Waals surface area contributed by atoms with Crippen LogP contribution in [0, 0.1) is 0 Å². The Morgan fingerprint density at radius 3 is 2.58 bits per heavy atom. The maximum atomic E-state index is 10.7. The van der Waals surface area contributed by atoms with Gasteiger partial charge in [-0.1, -0.05) is 6.92 Å². The van der Waals surface area contributed by atoms with Crippen molar-refractivity contribution in [3.8, 4) is 0 Å². The first kappa shape index (κ1) is 11.2. The topological polar surface area (TPSA) is 55.4 Å². The molecule has 0 spiro atoms. The zero-order valence-electron chi connectivity index (χ0n) is 7.09. The standard InChI is InChI=1S/C7H12ClNO3/c1-3-6(10)9-4-5(8)7(11)12-2/h5H,3-4H2,1-2H3,(H,9,10). The van der Waals surface area contributed by atoms with E-state index in [1.165, 1.54) is 7.11 Å². The Hall–Kier alpha value is -0.770. The highest BCUT2D eigenvalue weighted by Gasteiger charge is 2.15. The van der Waals surface area contributed by atoms with Gasteiger partial charge < -0.3 is 10.1 Å². The lowest BCUT2D eigenvalue weighted by Gasteiger charge is -2.07. The number of carbonyl (C=O) groups excluding carboxylic acids is 2. The van der Waals surface area contributed by atoms with Gasteiger partial charge in [-0.05, 0) is 0 Å². The van der Waals surface area contributed by atoms with Crippen molar-refractivity contribution in [1.82, 2.24) is 5.32 Å². The summed E-state index contributed by atoms with van der Waals surface area (Å²) >= 11 is 5.54. The predicted molar refractivity (Wildman–Crippen MR) is 45.0 cm³/mol. The largest absolute Gasteiger partial charge is 0.468 e. The molecule has 5 heteroatoms. The molecule has 1 atom stereocenters. The molecule has 0 aromatic carbocycles. The number of alkyl halides is 1. The van der Waals surface area contributed by atoms with Crippen molar-refractivity contribution in [3.63, 3.8) is 0 Å². The summed E-state index contributed by atoms with van der Waals surface area (Å²) in [5.74, 6) is -0.669. The van der Waals surface area contributed by atoms with E-state index in [9.17, 15) is 9.59 Å². The Morgan fingerprint density at radius 1 is 1.58 bits per heavy atom. The van der Waals surface area contributed by atoms with E-state index >= 15 is 0 Å². The predicted octanol–water partition coefficient (Wildman–Crippen LogP) is 0.293. The van der Waals surface area contributed by atoms with Crippen molar-refractivity contribution in [2.45, 2.75) is 18.7 Å². The van der Waals surface area contributed by atoms with Gasteiger partial charge in [0.1, 0.15) is 5.38 Å². The first-order chi connectivity index (χ1) is 5.61.